The summed E-state index contributed by atoms with van der Waals surface area (Å²) in [6.07, 6.45) is 0. The van der Waals surface area contributed by atoms with Crippen LogP contribution in [0.4, 0.5) is 5.13 Å². The average molecular weight is 358 g/mol. The van der Waals surface area contributed by atoms with E-state index in [1.807, 2.05) is 23.6 Å². The first-order chi connectivity index (χ1) is 8.19. The number of pyridine rings is 1. The Morgan fingerprint density at radius 1 is 1.10 bits per heavy atom. The molecular weight excluding hydrogens is 343 g/mol. The number of hydrogen-bond acceptors (Lipinski definition) is 5. The van der Waals surface area contributed by atoms with Crippen molar-refractivity contribution in [3.63, 3.8) is 0 Å². The normalized spacial score (nSPS) is 8.65. The van der Waals surface area contributed by atoms with E-state index in [1.165, 1.54) is 11.3 Å². The summed E-state index contributed by atoms with van der Waals surface area (Å²) in [5, 5.41) is 2.37. The molecule has 0 unspecified atom stereocenters. The van der Waals surface area contributed by atoms with Crippen molar-refractivity contribution in [1.29, 1.82) is 0 Å². The van der Waals surface area contributed by atoms with Crippen LogP contribution in [0, 0.1) is 0 Å². The summed E-state index contributed by atoms with van der Waals surface area (Å²) < 4.78 is 0. The third kappa shape index (κ3) is 5.48. The van der Waals surface area contributed by atoms with Crippen LogP contribution in [0.15, 0.2) is 28.6 Å². The maximum atomic E-state index is 5.53. The number of nitrogens with zero attached hydrogens (tertiary/aromatic N) is 3. The van der Waals surface area contributed by atoms with Crippen molar-refractivity contribution in [2.75, 3.05) is 0 Å². The van der Waals surface area contributed by atoms with Gasteiger partial charge in [0.2, 0.25) is 5.13 Å². The number of rotatable bonds is 3. The maximum absolute atomic E-state index is 5.53. The molecule has 6 nitrogen and oxygen atoms in total. The van der Waals surface area contributed by atoms with Crippen molar-refractivity contribution in [2.45, 2.75) is 6.54 Å². The van der Waals surface area contributed by atoms with E-state index in [1.54, 1.807) is 0 Å². The van der Waals surface area contributed by atoms with Crippen LogP contribution in [0.2, 0.25) is 0 Å². The van der Waals surface area contributed by atoms with E-state index in [0.29, 0.717) is 11.7 Å². The van der Waals surface area contributed by atoms with Crippen molar-refractivity contribution < 1.29 is 0 Å². The molecule has 0 aliphatic carbocycles. The van der Waals surface area contributed by atoms with Crippen LogP contribution in [0.3, 0.4) is 0 Å². The number of hydrogen-bond donors (Lipinski definition) is 3. The molecule has 112 valence electrons. The Hall–Kier alpha value is -1.12. The van der Waals surface area contributed by atoms with E-state index in [4.69, 9.17) is 17.2 Å². The zero-order chi connectivity index (χ0) is 12.3. The minimum Gasteiger partial charge on any atom is -0.370 e. The fourth-order valence-corrected chi connectivity index (χ4v) is 1.98. The number of aliphatic imine (C=N–C) groups is 1. The molecule has 0 amide bonds. The zero-order valence-electron chi connectivity index (χ0n) is 10.2. The molecule has 20 heavy (non-hydrogen) atoms. The fraction of sp³-hybridized carbons (Fsp3) is 0.100. The number of aromatic nitrogens is 2. The number of thiazole rings is 1. The summed E-state index contributed by atoms with van der Waals surface area (Å²) in [5.74, 6) is -0.00503. The van der Waals surface area contributed by atoms with E-state index in [2.05, 4.69) is 15.0 Å². The highest BCUT2D eigenvalue weighted by atomic mass is 35.5. The highest BCUT2D eigenvalue weighted by Crippen LogP contribution is 2.25. The van der Waals surface area contributed by atoms with Crippen LogP contribution < -0.4 is 17.2 Å². The topological polar surface area (TPSA) is 116 Å². The Morgan fingerprint density at radius 2 is 1.80 bits per heavy atom. The molecular formula is C10H15Cl3N6S. The van der Waals surface area contributed by atoms with Crippen molar-refractivity contribution >= 4 is 59.6 Å². The summed E-state index contributed by atoms with van der Waals surface area (Å²) in [4.78, 5) is 12.5. The molecule has 2 heterocycles. The van der Waals surface area contributed by atoms with Gasteiger partial charge in [0, 0.05) is 11.9 Å². The predicted molar refractivity (Wildman–Crippen MR) is 90.5 cm³/mol. The summed E-state index contributed by atoms with van der Waals surface area (Å²) >= 11 is 1.36. The molecule has 10 heteroatoms. The van der Waals surface area contributed by atoms with E-state index in [0.717, 1.165) is 17.1 Å². The van der Waals surface area contributed by atoms with Gasteiger partial charge in [-0.05, 0) is 12.1 Å². The third-order valence-electron chi connectivity index (χ3n) is 2.00. The lowest BCUT2D eigenvalue weighted by molar-refractivity contribution is 0.991. The first kappa shape index (κ1) is 21.2. The SMILES string of the molecule is Cl.Cl.Cl.NCc1cccc(-c2csc(N=C(N)N)n2)n1. The molecule has 6 N–H and O–H groups in total. The molecule has 0 radical (unpaired) electrons. The summed E-state index contributed by atoms with van der Waals surface area (Å²) in [5.41, 5.74) is 18.4. The van der Waals surface area contributed by atoms with Gasteiger partial charge in [0.05, 0.1) is 11.4 Å². The third-order valence-corrected chi connectivity index (χ3v) is 2.73. The molecule has 0 aliphatic rings. The molecule has 2 aromatic heterocycles. The van der Waals surface area contributed by atoms with Gasteiger partial charge in [0.1, 0.15) is 5.69 Å². The molecule has 0 saturated carbocycles. The molecule has 2 rings (SSSR count). The summed E-state index contributed by atoms with van der Waals surface area (Å²) in [6, 6.07) is 5.63. The van der Waals surface area contributed by atoms with E-state index >= 15 is 0 Å². The molecule has 0 aromatic carbocycles. The minimum atomic E-state index is -0.00503. The van der Waals surface area contributed by atoms with E-state index in [9.17, 15) is 0 Å². The van der Waals surface area contributed by atoms with Crippen molar-refractivity contribution in [3.8, 4) is 11.4 Å². The first-order valence-electron chi connectivity index (χ1n) is 4.90. The van der Waals surface area contributed by atoms with E-state index < -0.39 is 0 Å². The van der Waals surface area contributed by atoms with Crippen LogP contribution in [-0.2, 0) is 6.54 Å². The van der Waals surface area contributed by atoms with Crippen LogP contribution in [-0.4, -0.2) is 15.9 Å². The second-order valence-electron chi connectivity index (χ2n) is 3.27. The minimum absolute atomic E-state index is 0. The van der Waals surface area contributed by atoms with Crippen molar-refractivity contribution in [2.24, 2.45) is 22.2 Å². The van der Waals surface area contributed by atoms with E-state index in [-0.39, 0.29) is 43.2 Å². The van der Waals surface area contributed by atoms with Gasteiger partial charge >= 0.3 is 0 Å². The smallest absolute Gasteiger partial charge is 0.212 e. The molecule has 2 aromatic rings. The molecule has 0 spiro atoms. The fourth-order valence-electron chi connectivity index (χ4n) is 1.28. The van der Waals surface area contributed by atoms with Gasteiger partial charge < -0.3 is 17.2 Å². The van der Waals surface area contributed by atoms with Gasteiger partial charge in [0.15, 0.2) is 5.96 Å². The maximum Gasteiger partial charge on any atom is 0.212 e. The standard InChI is InChI=1S/C10H12N6S.3ClH/c11-4-6-2-1-3-7(14-6)8-5-17-10(15-8)16-9(12)13;;;/h1-3,5H,4,11H2,(H4,12,13,15,16);3*1H. The monoisotopic (exact) mass is 356 g/mol. The Balaban J connectivity index is 0. The van der Waals surface area contributed by atoms with Crippen LogP contribution >= 0.6 is 48.6 Å². The van der Waals surface area contributed by atoms with Gasteiger partial charge in [-0.2, -0.15) is 4.99 Å². The number of guanidine groups is 1. The Kier molecular flexibility index (Phi) is 10.3. The molecule has 0 aliphatic heterocycles. The Labute approximate surface area is 139 Å². The highest BCUT2D eigenvalue weighted by molar-refractivity contribution is 7.13. The molecule has 0 bridgehead atoms. The Morgan fingerprint density at radius 3 is 2.40 bits per heavy atom. The van der Waals surface area contributed by atoms with Gasteiger partial charge in [0.25, 0.3) is 0 Å². The lowest BCUT2D eigenvalue weighted by Crippen LogP contribution is -2.21. The van der Waals surface area contributed by atoms with Crippen molar-refractivity contribution in [3.05, 3.63) is 29.3 Å². The van der Waals surface area contributed by atoms with Crippen LogP contribution in [0.25, 0.3) is 11.4 Å². The quantitative estimate of drug-likeness (QED) is 0.572. The molecule has 0 atom stereocenters. The molecule has 0 saturated heterocycles. The number of nitrogens with two attached hydrogens (primary N) is 3. The summed E-state index contributed by atoms with van der Waals surface area (Å²) in [6.45, 7) is 0.402. The highest BCUT2D eigenvalue weighted by Gasteiger charge is 2.05. The van der Waals surface area contributed by atoms with Gasteiger partial charge in [-0.15, -0.1) is 48.6 Å². The lowest BCUT2D eigenvalue weighted by Gasteiger charge is -1.98. The van der Waals surface area contributed by atoms with Gasteiger partial charge in [-0.25, -0.2) is 9.97 Å². The molecule has 0 fully saturated rings. The van der Waals surface area contributed by atoms with Crippen LogP contribution in [0.1, 0.15) is 5.69 Å². The second-order valence-corrected chi connectivity index (χ2v) is 4.11. The first-order valence-corrected chi connectivity index (χ1v) is 5.78. The lowest BCUT2D eigenvalue weighted by atomic mass is 10.2. The Bertz CT molecular complexity index is 555. The second kappa shape index (κ2) is 9.73. The van der Waals surface area contributed by atoms with Gasteiger partial charge in [-0.1, -0.05) is 6.07 Å². The zero-order valence-corrected chi connectivity index (χ0v) is 13.5. The van der Waals surface area contributed by atoms with Crippen LogP contribution in [0.5, 0.6) is 0 Å². The van der Waals surface area contributed by atoms with Crippen molar-refractivity contribution in [1.82, 2.24) is 9.97 Å². The van der Waals surface area contributed by atoms with Gasteiger partial charge in [-0.3, -0.25) is 0 Å². The average Bonchev–Trinajstić information content (AvgIpc) is 2.77. The largest absolute Gasteiger partial charge is 0.370 e. The number of halogens is 3. The summed E-state index contributed by atoms with van der Waals surface area (Å²) in [7, 11) is 0. The predicted octanol–water partition coefficient (Wildman–Crippen LogP) is 1.83.